The minimum Gasteiger partial charge on any atom is -0.492 e. The summed E-state index contributed by atoms with van der Waals surface area (Å²) >= 11 is 3.41. The molecule has 0 N–H and O–H groups in total. The van der Waals surface area contributed by atoms with Gasteiger partial charge in [-0.15, -0.1) is 0 Å². The molecule has 2 rings (SSSR count). The van der Waals surface area contributed by atoms with Gasteiger partial charge >= 0.3 is 0 Å². The Morgan fingerprint density at radius 2 is 1.96 bits per heavy atom. The molecule has 0 heterocycles. The summed E-state index contributed by atoms with van der Waals surface area (Å²) in [5, 5.41) is 10.6. The van der Waals surface area contributed by atoms with Crippen LogP contribution in [0.3, 0.4) is 0 Å². The summed E-state index contributed by atoms with van der Waals surface area (Å²) in [4.78, 5) is 22.3. The van der Waals surface area contributed by atoms with E-state index in [0.717, 1.165) is 5.56 Å². The number of hydrogen-bond donors (Lipinski definition) is 0. The number of nitro benzene ring substituents is 1. The smallest absolute Gasteiger partial charge is 0.269 e. The third-order valence-corrected chi connectivity index (χ3v) is 3.91. The van der Waals surface area contributed by atoms with Gasteiger partial charge in [-0.25, -0.2) is 0 Å². The van der Waals surface area contributed by atoms with Crippen molar-refractivity contribution in [1.82, 2.24) is 0 Å². The molecular weight excluding hydrogens is 390 g/mol. The summed E-state index contributed by atoms with van der Waals surface area (Å²) in [6.45, 7) is 2.35. The second kappa shape index (κ2) is 8.43. The molecule has 0 saturated heterocycles. The van der Waals surface area contributed by atoms with E-state index in [9.17, 15) is 14.9 Å². The molecule has 0 atom stereocenters. The second-order valence-electron chi connectivity index (χ2n) is 4.97. The number of non-ortho nitro benzene ring substituents is 1. The highest BCUT2D eigenvalue weighted by Crippen LogP contribution is 2.36. The number of halogens is 1. The standard InChI is InChI=1S/C18H16BrNO5/c1-3-25-17-11-12(10-15(19)18(17)24-2)4-9-16(21)13-5-7-14(8-6-13)20(22)23/h4-11H,3H2,1-2H3/b9-4+. The van der Waals surface area contributed by atoms with Crippen LogP contribution in [-0.4, -0.2) is 24.4 Å². The van der Waals surface area contributed by atoms with E-state index in [1.165, 1.54) is 30.3 Å². The Bertz CT molecular complexity index is 815. The van der Waals surface area contributed by atoms with Crippen LogP contribution in [0.15, 0.2) is 46.9 Å². The minimum absolute atomic E-state index is 0.0547. The van der Waals surface area contributed by atoms with E-state index in [2.05, 4.69) is 15.9 Å². The fourth-order valence-corrected chi connectivity index (χ4v) is 2.78. The predicted molar refractivity (Wildman–Crippen MR) is 98.3 cm³/mol. The van der Waals surface area contributed by atoms with Gasteiger partial charge in [-0.3, -0.25) is 14.9 Å². The highest BCUT2D eigenvalue weighted by Gasteiger charge is 2.11. The zero-order valence-electron chi connectivity index (χ0n) is 13.7. The van der Waals surface area contributed by atoms with Crippen molar-refractivity contribution in [3.05, 3.63) is 68.2 Å². The number of methoxy groups -OCH3 is 1. The lowest BCUT2D eigenvalue weighted by Crippen LogP contribution is -1.97. The first-order valence-corrected chi connectivity index (χ1v) is 8.22. The average Bonchev–Trinajstić information content (AvgIpc) is 2.60. The average molecular weight is 406 g/mol. The van der Waals surface area contributed by atoms with Gasteiger partial charge in [-0.05, 0) is 58.8 Å². The first kappa shape index (κ1) is 18.7. The maximum absolute atomic E-state index is 12.2. The first-order chi connectivity index (χ1) is 12.0. The van der Waals surface area contributed by atoms with Gasteiger partial charge in [0.1, 0.15) is 0 Å². The molecule has 7 heteroatoms. The van der Waals surface area contributed by atoms with Gasteiger partial charge in [-0.1, -0.05) is 6.08 Å². The third-order valence-electron chi connectivity index (χ3n) is 3.33. The number of carbonyl (C=O) groups is 1. The minimum atomic E-state index is -0.506. The van der Waals surface area contributed by atoms with Gasteiger partial charge in [0.2, 0.25) is 0 Å². The zero-order chi connectivity index (χ0) is 18.4. The van der Waals surface area contributed by atoms with Gasteiger partial charge in [0.05, 0.1) is 23.1 Å². The molecule has 0 aliphatic heterocycles. The van der Waals surface area contributed by atoms with Crippen LogP contribution in [0, 0.1) is 10.1 Å². The summed E-state index contributed by atoms with van der Waals surface area (Å²) < 4.78 is 11.5. The first-order valence-electron chi connectivity index (χ1n) is 7.43. The van der Waals surface area contributed by atoms with E-state index in [4.69, 9.17) is 9.47 Å². The molecule has 0 aliphatic rings. The molecule has 2 aromatic carbocycles. The lowest BCUT2D eigenvalue weighted by atomic mass is 10.1. The predicted octanol–water partition coefficient (Wildman–Crippen LogP) is 4.66. The Morgan fingerprint density at radius 1 is 1.28 bits per heavy atom. The molecule has 2 aromatic rings. The van der Waals surface area contributed by atoms with Crippen molar-refractivity contribution < 1.29 is 19.2 Å². The van der Waals surface area contributed by atoms with E-state index in [1.54, 1.807) is 25.3 Å². The van der Waals surface area contributed by atoms with Crippen molar-refractivity contribution in [3.63, 3.8) is 0 Å². The molecule has 0 aliphatic carbocycles. The van der Waals surface area contributed by atoms with Gasteiger partial charge in [0.15, 0.2) is 17.3 Å². The molecule has 130 valence electrons. The van der Waals surface area contributed by atoms with E-state index < -0.39 is 4.92 Å². The van der Waals surface area contributed by atoms with Gasteiger partial charge in [0.25, 0.3) is 5.69 Å². The van der Waals surface area contributed by atoms with Crippen LogP contribution in [0.5, 0.6) is 11.5 Å². The second-order valence-corrected chi connectivity index (χ2v) is 5.82. The van der Waals surface area contributed by atoms with Crippen molar-refractivity contribution in [2.45, 2.75) is 6.92 Å². The molecule has 6 nitrogen and oxygen atoms in total. The van der Waals surface area contributed by atoms with Crippen molar-refractivity contribution in [3.8, 4) is 11.5 Å². The molecule has 0 amide bonds. The molecule has 0 radical (unpaired) electrons. The Labute approximate surface area is 153 Å². The van der Waals surface area contributed by atoms with Crippen LogP contribution in [0.25, 0.3) is 6.08 Å². The van der Waals surface area contributed by atoms with Gasteiger partial charge in [-0.2, -0.15) is 0 Å². The van der Waals surface area contributed by atoms with Crippen LogP contribution in [0.1, 0.15) is 22.8 Å². The van der Waals surface area contributed by atoms with Crippen LogP contribution < -0.4 is 9.47 Å². The van der Waals surface area contributed by atoms with Crippen molar-refractivity contribution in [2.24, 2.45) is 0 Å². The van der Waals surface area contributed by atoms with E-state index in [0.29, 0.717) is 28.1 Å². The Balaban J connectivity index is 2.23. The summed E-state index contributed by atoms with van der Waals surface area (Å²) in [5.41, 5.74) is 1.08. The third kappa shape index (κ3) is 4.67. The number of hydrogen-bond acceptors (Lipinski definition) is 5. The maximum Gasteiger partial charge on any atom is 0.269 e. The molecular formula is C18H16BrNO5. The van der Waals surface area contributed by atoms with E-state index in [-0.39, 0.29) is 11.5 Å². The summed E-state index contributed by atoms with van der Waals surface area (Å²) in [6.07, 6.45) is 3.06. The molecule has 0 saturated carbocycles. The number of allylic oxidation sites excluding steroid dienone is 1. The normalized spacial score (nSPS) is 10.7. The SMILES string of the molecule is CCOc1cc(/C=C/C(=O)c2ccc([N+](=O)[O-])cc2)cc(Br)c1OC. The zero-order valence-corrected chi connectivity index (χ0v) is 15.3. The summed E-state index contributed by atoms with van der Waals surface area (Å²) in [5.74, 6) is 0.905. The Kier molecular flexibility index (Phi) is 6.30. The van der Waals surface area contributed by atoms with Crippen molar-refractivity contribution in [2.75, 3.05) is 13.7 Å². The Hall–Kier alpha value is -2.67. The van der Waals surface area contributed by atoms with Crippen molar-refractivity contribution in [1.29, 1.82) is 0 Å². The molecule has 0 spiro atoms. The lowest BCUT2D eigenvalue weighted by Gasteiger charge is -2.12. The monoisotopic (exact) mass is 405 g/mol. The molecule has 0 aromatic heterocycles. The lowest BCUT2D eigenvalue weighted by molar-refractivity contribution is -0.384. The highest BCUT2D eigenvalue weighted by molar-refractivity contribution is 9.10. The number of nitrogens with zero attached hydrogens (tertiary/aromatic N) is 1. The fraction of sp³-hybridized carbons (Fsp3) is 0.167. The number of benzene rings is 2. The van der Waals surface area contributed by atoms with Crippen LogP contribution in [0.4, 0.5) is 5.69 Å². The van der Waals surface area contributed by atoms with Crippen LogP contribution in [0.2, 0.25) is 0 Å². The van der Waals surface area contributed by atoms with E-state index in [1.807, 2.05) is 6.92 Å². The summed E-state index contributed by atoms with van der Waals surface area (Å²) in [7, 11) is 1.55. The number of carbonyl (C=O) groups excluding carboxylic acids is 1. The number of nitro groups is 1. The number of rotatable bonds is 7. The molecule has 25 heavy (non-hydrogen) atoms. The van der Waals surface area contributed by atoms with Crippen LogP contribution >= 0.6 is 15.9 Å². The number of ether oxygens (including phenoxy) is 2. The molecule has 0 unspecified atom stereocenters. The van der Waals surface area contributed by atoms with Gasteiger partial charge in [0, 0.05) is 17.7 Å². The molecule has 0 bridgehead atoms. The van der Waals surface area contributed by atoms with Gasteiger partial charge < -0.3 is 9.47 Å². The van der Waals surface area contributed by atoms with E-state index >= 15 is 0 Å². The van der Waals surface area contributed by atoms with Crippen molar-refractivity contribution >= 4 is 33.5 Å². The Morgan fingerprint density at radius 3 is 2.52 bits per heavy atom. The summed E-state index contributed by atoms with van der Waals surface area (Å²) in [6, 6.07) is 9.05. The topological polar surface area (TPSA) is 78.7 Å². The van der Waals surface area contributed by atoms with Crippen LogP contribution in [-0.2, 0) is 0 Å². The maximum atomic E-state index is 12.2. The highest BCUT2D eigenvalue weighted by atomic mass is 79.9. The largest absolute Gasteiger partial charge is 0.492 e. The fourth-order valence-electron chi connectivity index (χ4n) is 2.16. The number of ketones is 1. The quantitative estimate of drug-likeness (QED) is 0.289. The molecule has 0 fully saturated rings.